The molecule has 0 amide bonds. The molecule has 17 heavy (non-hydrogen) atoms. The van der Waals surface area contributed by atoms with Crippen LogP contribution in [0.25, 0.3) is 0 Å². The lowest BCUT2D eigenvalue weighted by atomic mass is 10.2. The number of aromatic nitrogens is 1. The molecule has 0 saturated carbocycles. The van der Waals surface area contributed by atoms with Crippen LogP contribution in [0.15, 0.2) is 42.7 Å². The quantitative estimate of drug-likeness (QED) is 0.902. The van der Waals surface area contributed by atoms with E-state index in [4.69, 9.17) is 11.6 Å². The van der Waals surface area contributed by atoms with Gasteiger partial charge in [-0.05, 0) is 35.4 Å². The molecule has 4 heteroatoms. The number of rotatable bonds is 4. The molecular formula is C13H12ClFN2. The summed E-state index contributed by atoms with van der Waals surface area (Å²) in [5.41, 5.74) is 1.84. The zero-order valence-corrected chi connectivity index (χ0v) is 9.91. The molecule has 1 N–H and O–H groups in total. The molecule has 88 valence electrons. The molecule has 1 aromatic carbocycles. The van der Waals surface area contributed by atoms with Crippen LogP contribution in [-0.2, 0) is 13.1 Å². The number of halogens is 2. The third-order valence-corrected chi connectivity index (χ3v) is 2.74. The number of nitrogens with zero attached hydrogens (tertiary/aromatic N) is 1. The van der Waals surface area contributed by atoms with Crippen LogP contribution in [0.5, 0.6) is 0 Å². The first-order chi connectivity index (χ1) is 8.25. The zero-order valence-electron chi connectivity index (χ0n) is 9.16. The van der Waals surface area contributed by atoms with Gasteiger partial charge in [-0.15, -0.1) is 0 Å². The third-order valence-electron chi connectivity index (χ3n) is 2.38. The third kappa shape index (κ3) is 3.51. The Balaban J connectivity index is 1.92. The van der Waals surface area contributed by atoms with E-state index in [0.29, 0.717) is 18.1 Å². The van der Waals surface area contributed by atoms with E-state index in [-0.39, 0.29) is 5.82 Å². The molecule has 0 spiro atoms. The molecule has 0 unspecified atom stereocenters. The molecular weight excluding hydrogens is 239 g/mol. The predicted octanol–water partition coefficient (Wildman–Crippen LogP) is 3.16. The van der Waals surface area contributed by atoms with E-state index in [1.54, 1.807) is 18.5 Å². The summed E-state index contributed by atoms with van der Waals surface area (Å²) >= 11 is 5.96. The minimum absolute atomic E-state index is 0.271. The molecule has 0 aliphatic heterocycles. The SMILES string of the molecule is Fc1ccc(Cl)c(CNCc2cccnc2)c1. The summed E-state index contributed by atoms with van der Waals surface area (Å²) in [5.74, 6) is -0.271. The Hall–Kier alpha value is -1.45. The maximum atomic E-state index is 13.0. The van der Waals surface area contributed by atoms with Gasteiger partial charge in [0.2, 0.25) is 0 Å². The van der Waals surface area contributed by atoms with E-state index in [0.717, 1.165) is 11.1 Å². The molecule has 0 saturated heterocycles. The number of pyridine rings is 1. The van der Waals surface area contributed by atoms with Crippen molar-refractivity contribution in [2.75, 3.05) is 0 Å². The van der Waals surface area contributed by atoms with Crippen LogP contribution < -0.4 is 5.32 Å². The maximum absolute atomic E-state index is 13.0. The summed E-state index contributed by atoms with van der Waals surface area (Å²) in [6, 6.07) is 8.23. The molecule has 1 heterocycles. The molecule has 2 rings (SSSR count). The Morgan fingerprint density at radius 2 is 2.12 bits per heavy atom. The number of hydrogen-bond donors (Lipinski definition) is 1. The summed E-state index contributed by atoms with van der Waals surface area (Å²) in [6.07, 6.45) is 3.52. The highest BCUT2D eigenvalue weighted by molar-refractivity contribution is 6.31. The van der Waals surface area contributed by atoms with Gasteiger partial charge in [0, 0.05) is 30.5 Å². The minimum atomic E-state index is -0.271. The van der Waals surface area contributed by atoms with Crippen LogP contribution in [0.1, 0.15) is 11.1 Å². The second kappa shape index (κ2) is 5.75. The van der Waals surface area contributed by atoms with Crippen molar-refractivity contribution in [3.63, 3.8) is 0 Å². The van der Waals surface area contributed by atoms with Crippen LogP contribution in [0.2, 0.25) is 5.02 Å². The molecule has 1 aromatic heterocycles. The summed E-state index contributed by atoms with van der Waals surface area (Å²) in [6.45, 7) is 1.21. The first-order valence-electron chi connectivity index (χ1n) is 5.29. The molecule has 0 bridgehead atoms. The van der Waals surface area contributed by atoms with Crippen LogP contribution in [-0.4, -0.2) is 4.98 Å². The van der Waals surface area contributed by atoms with Gasteiger partial charge in [-0.1, -0.05) is 17.7 Å². The normalized spacial score (nSPS) is 10.5. The first-order valence-corrected chi connectivity index (χ1v) is 5.67. The summed E-state index contributed by atoms with van der Waals surface area (Å²) < 4.78 is 13.0. The van der Waals surface area contributed by atoms with Crippen LogP contribution in [0.3, 0.4) is 0 Å². The largest absolute Gasteiger partial charge is 0.309 e. The number of nitrogens with one attached hydrogen (secondary N) is 1. The molecule has 0 aliphatic carbocycles. The van der Waals surface area contributed by atoms with E-state index in [1.807, 2.05) is 12.1 Å². The zero-order chi connectivity index (χ0) is 12.1. The van der Waals surface area contributed by atoms with Crippen molar-refractivity contribution < 1.29 is 4.39 Å². The van der Waals surface area contributed by atoms with Crippen LogP contribution in [0, 0.1) is 5.82 Å². The highest BCUT2D eigenvalue weighted by Crippen LogP contribution is 2.16. The van der Waals surface area contributed by atoms with E-state index in [9.17, 15) is 4.39 Å². The standard InChI is InChI=1S/C13H12ClFN2/c14-13-4-3-12(15)6-11(13)9-17-8-10-2-1-5-16-7-10/h1-7,17H,8-9H2. The Morgan fingerprint density at radius 1 is 1.24 bits per heavy atom. The molecule has 0 atom stereocenters. The van der Waals surface area contributed by atoms with E-state index in [1.165, 1.54) is 12.1 Å². The van der Waals surface area contributed by atoms with Gasteiger partial charge in [0.25, 0.3) is 0 Å². The molecule has 2 nitrogen and oxygen atoms in total. The Morgan fingerprint density at radius 3 is 2.88 bits per heavy atom. The van der Waals surface area contributed by atoms with Crippen molar-refractivity contribution in [2.45, 2.75) is 13.1 Å². The van der Waals surface area contributed by atoms with Crippen LogP contribution in [0.4, 0.5) is 4.39 Å². The van der Waals surface area contributed by atoms with Gasteiger partial charge < -0.3 is 5.32 Å². The van der Waals surface area contributed by atoms with Crippen molar-refractivity contribution in [3.05, 3.63) is 64.7 Å². The van der Waals surface area contributed by atoms with Gasteiger partial charge in [0.15, 0.2) is 0 Å². The highest BCUT2D eigenvalue weighted by Gasteiger charge is 2.01. The fourth-order valence-electron chi connectivity index (χ4n) is 1.52. The van der Waals surface area contributed by atoms with Crippen molar-refractivity contribution in [3.8, 4) is 0 Å². The van der Waals surface area contributed by atoms with Crippen molar-refractivity contribution in [1.82, 2.24) is 10.3 Å². The van der Waals surface area contributed by atoms with E-state index >= 15 is 0 Å². The van der Waals surface area contributed by atoms with E-state index < -0.39 is 0 Å². The van der Waals surface area contributed by atoms with Crippen molar-refractivity contribution in [2.24, 2.45) is 0 Å². The molecule has 0 fully saturated rings. The summed E-state index contributed by atoms with van der Waals surface area (Å²) in [5, 5.41) is 3.77. The van der Waals surface area contributed by atoms with Gasteiger partial charge in [0.1, 0.15) is 5.82 Å². The number of hydrogen-bond acceptors (Lipinski definition) is 2. The monoisotopic (exact) mass is 250 g/mol. The topological polar surface area (TPSA) is 24.9 Å². The lowest BCUT2D eigenvalue weighted by Crippen LogP contribution is -2.13. The van der Waals surface area contributed by atoms with Gasteiger partial charge in [-0.2, -0.15) is 0 Å². The van der Waals surface area contributed by atoms with Gasteiger partial charge in [-0.25, -0.2) is 4.39 Å². The lowest BCUT2D eigenvalue weighted by Gasteiger charge is -2.06. The maximum Gasteiger partial charge on any atom is 0.123 e. The Labute approximate surface area is 104 Å². The predicted molar refractivity (Wildman–Crippen MR) is 66.2 cm³/mol. The lowest BCUT2D eigenvalue weighted by molar-refractivity contribution is 0.620. The average molecular weight is 251 g/mol. The van der Waals surface area contributed by atoms with Crippen molar-refractivity contribution in [1.29, 1.82) is 0 Å². The van der Waals surface area contributed by atoms with Crippen LogP contribution >= 0.6 is 11.6 Å². The second-order valence-electron chi connectivity index (χ2n) is 3.70. The fraction of sp³-hybridized carbons (Fsp3) is 0.154. The second-order valence-corrected chi connectivity index (χ2v) is 4.11. The molecule has 0 radical (unpaired) electrons. The molecule has 0 aliphatic rings. The smallest absolute Gasteiger partial charge is 0.123 e. The molecule has 2 aromatic rings. The first kappa shape index (κ1) is 12.0. The Kier molecular flexibility index (Phi) is 4.07. The minimum Gasteiger partial charge on any atom is -0.309 e. The Bertz CT molecular complexity index is 488. The number of benzene rings is 1. The van der Waals surface area contributed by atoms with Crippen molar-refractivity contribution >= 4 is 11.6 Å². The summed E-state index contributed by atoms with van der Waals surface area (Å²) in [4.78, 5) is 4.02. The highest BCUT2D eigenvalue weighted by atomic mass is 35.5. The van der Waals surface area contributed by atoms with Gasteiger partial charge in [0.05, 0.1) is 0 Å². The average Bonchev–Trinajstić information content (AvgIpc) is 2.35. The van der Waals surface area contributed by atoms with E-state index in [2.05, 4.69) is 10.3 Å². The summed E-state index contributed by atoms with van der Waals surface area (Å²) in [7, 11) is 0. The van der Waals surface area contributed by atoms with Gasteiger partial charge in [-0.3, -0.25) is 4.98 Å². The fourth-order valence-corrected chi connectivity index (χ4v) is 1.71. The van der Waals surface area contributed by atoms with Gasteiger partial charge >= 0.3 is 0 Å².